The Balaban J connectivity index is 1.57. The van der Waals surface area contributed by atoms with Crippen molar-refractivity contribution in [3.63, 3.8) is 0 Å². The Labute approximate surface area is 186 Å². The van der Waals surface area contributed by atoms with Crippen molar-refractivity contribution in [1.82, 2.24) is 35.0 Å². The molecule has 162 valence electrons. The molecule has 0 radical (unpaired) electrons. The second kappa shape index (κ2) is 9.88. The molecule has 0 unspecified atom stereocenters. The second-order valence-electron chi connectivity index (χ2n) is 7.59. The summed E-state index contributed by atoms with van der Waals surface area (Å²) in [4.78, 5) is 12.9. The molecule has 0 amide bonds. The standard InChI is InChI=1S/C24H25N7O/c1-3-5-10-22-27-31(15-6-4-2)24(32)30(22)17-18-11-13-19(14-12-18)20-8-7-9-21(16-20)23-25-28-29-26-23/h1,7-9,11-14,16H,4-6,10,15,17H2,2H3,(H,25,26,28,29). The summed E-state index contributed by atoms with van der Waals surface area (Å²) < 4.78 is 3.30. The molecule has 0 spiro atoms. The largest absolute Gasteiger partial charge is 0.346 e. The third-order valence-corrected chi connectivity index (χ3v) is 5.33. The maximum Gasteiger partial charge on any atom is 0.346 e. The third-order valence-electron chi connectivity index (χ3n) is 5.33. The Hall–Kier alpha value is -3.99. The molecule has 1 N–H and O–H groups in total. The zero-order valence-corrected chi connectivity index (χ0v) is 18.0. The van der Waals surface area contributed by atoms with Gasteiger partial charge in [-0.05, 0) is 39.6 Å². The van der Waals surface area contributed by atoms with Crippen molar-refractivity contribution >= 4 is 0 Å². The van der Waals surface area contributed by atoms with Gasteiger partial charge in [0, 0.05) is 24.9 Å². The molecule has 0 aliphatic rings. The van der Waals surface area contributed by atoms with Crippen LogP contribution in [0.3, 0.4) is 0 Å². The highest BCUT2D eigenvalue weighted by Crippen LogP contribution is 2.24. The summed E-state index contributed by atoms with van der Waals surface area (Å²) in [6.45, 7) is 3.19. The van der Waals surface area contributed by atoms with Gasteiger partial charge in [-0.1, -0.05) is 55.8 Å². The Kier molecular flexibility index (Phi) is 6.56. The number of nitrogens with zero attached hydrogens (tertiary/aromatic N) is 6. The van der Waals surface area contributed by atoms with Crippen LogP contribution in [-0.2, 0) is 19.5 Å². The van der Waals surface area contributed by atoms with E-state index in [-0.39, 0.29) is 5.69 Å². The van der Waals surface area contributed by atoms with Crippen LogP contribution in [0.4, 0.5) is 0 Å². The molecule has 0 aliphatic carbocycles. The van der Waals surface area contributed by atoms with Crippen LogP contribution in [0.5, 0.6) is 0 Å². The van der Waals surface area contributed by atoms with E-state index in [0.29, 0.717) is 31.8 Å². The lowest BCUT2D eigenvalue weighted by atomic mass is 10.0. The van der Waals surface area contributed by atoms with Gasteiger partial charge in [-0.3, -0.25) is 4.57 Å². The van der Waals surface area contributed by atoms with Crippen LogP contribution in [0.1, 0.15) is 37.6 Å². The van der Waals surface area contributed by atoms with Gasteiger partial charge in [0.05, 0.1) is 6.54 Å². The molecule has 0 aliphatic heterocycles. The van der Waals surface area contributed by atoms with Crippen molar-refractivity contribution in [3.05, 3.63) is 70.4 Å². The predicted octanol–water partition coefficient (Wildman–Crippen LogP) is 3.31. The fraction of sp³-hybridized carbons (Fsp3) is 0.292. The highest BCUT2D eigenvalue weighted by molar-refractivity contribution is 5.70. The van der Waals surface area contributed by atoms with Crippen LogP contribution in [0.15, 0.2) is 53.3 Å². The van der Waals surface area contributed by atoms with Crippen LogP contribution in [0.25, 0.3) is 22.5 Å². The summed E-state index contributed by atoms with van der Waals surface area (Å²) in [6.07, 6.45) is 8.51. The molecule has 0 saturated heterocycles. The summed E-state index contributed by atoms with van der Waals surface area (Å²) in [6, 6.07) is 16.2. The number of rotatable bonds is 9. The number of terminal acetylenes is 1. The molecular formula is C24H25N7O. The minimum atomic E-state index is -0.0806. The van der Waals surface area contributed by atoms with Gasteiger partial charge >= 0.3 is 5.69 Å². The Morgan fingerprint density at radius 1 is 1.09 bits per heavy atom. The second-order valence-corrected chi connectivity index (χ2v) is 7.59. The van der Waals surface area contributed by atoms with Gasteiger partial charge in [0.1, 0.15) is 5.82 Å². The van der Waals surface area contributed by atoms with Crippen LogP contribution >= 0.6 is 0 Å². The maximum absolute atomic E-state index is 12.9. The van der Waals surface area contributed by atoms with Crippen molar-refractivity contribution in [2.24, 2.45) is 0 Å². The van der Waals surface area contributed by atoms with Crippen molar-refractivity contribution in [2.45, 2.75) is 45.7 Å². The maximum atomic E-state index is 12.9. The van der Waals surface area contributed by atoms with E-state index in [9.17, 15) is 4.79 Å². The highest BCUT2D eigenvalue weighted by Gasteiger charge is 2.13. The summed E-state index contributed by atoms with van der Waals surface area (Å²) in [7, 11) is 0. The number of hydrogen-bond donors (Lipinski definition) is 1. The molecule has 2 heterocycles. The van der Waals surface area contributed by atoms with E-state index in [2.05, 4.69) is 50.7 Å². The molecule has 4 rings (SSSR count). The van der Waals surface area contributed by atoms with E-state index < -0.39 is 0 Å². The molecular weight excluding hydrogens is 402 g/mol. The summed E-state index contributed by atoms with van der Waals surface area (Å²) >= 11 is 0. The molecule has 2 aromatic carbocycles. The molecule has 0 atom stereocenters. The fourth-order valence-electron chi connectivity index (χ4n) is 3.58. The minimum absolute atomic E-state index is 0.0806. The number of aryl methyl sites for hydroxylation is 2. The summed E-state index contributed by atoms with van der Waals surface area (Å²) in [5.41, 5.74) is 4.00. The van der Waals surface area contributed by atoms with Crippen LogP contribution < -0.4 is 5.69 Å². The first-order valence-electron chi connectivity index (χ1n) is 10.7. The minimum Gasteiger partial charge on any atom is -0.274 e. The van der Waals surface area contributed by atoms with Crippen LogP contribution in [-0.4, -0.2) is 35.0 Å². The molecule has 0 bridgehead atoms. The number of hydrogen-bond acceptors (Lipinski definition) is 5. The molecule has 32 heavy (non-hydrogen) atoms. The zero-order chi connectivity index (χ0) is 22.3. The average Bonchev–Trinajstić information content (AvgIpc) is 3.46. The lowest BCUT2D eigenvalue weighted by molar-refractivity contribution is 0.544. The van der Waals surface area contributed by atoms with Crippen molar-refractivity contribution in [1.29, 1.82) is 0 Å². The Morgan fingerprint density at radius 2 is 1.91 bits per heavy atom. The van der Waals surface area contributed by atoms with Gasteiger partial charge in [-0.15, -0.1) is 17.4 Å². The van der Waals surface area contributed by atoms with E-state index in [1.165, 1.54) is 0 Å². The normalized spacial score (nSPS) is 10.9. The van der Waals surface area contributed by atoms with E-state index in [1.54, 1.807) is 9.25 Å². The van der Waals surface area contributed by atoms with Gasteiger partial charge in [0.15, 0.2) is 5.82 Å². The molecule has 0 saturated carbocycles. The molecule has 8 heteroatoms. The van der Waals surface area contributed by atoms with Gasteiger partial charge in [-0.25, -0.2) is 14.6 Å². The van der Waals surface area contributed by atoms with Crippen LogP contribution in [0, 0.1) is 12.3 Å². The SMILES string of the molecule is C#CCCc1nn(CCCC)c(=O)n1Cc1ccc(-c2cccc(-c3nnn[nH]3)c2)cc1. The number of tetrazole rings is 1. The van der Waals surface area contributed by atoms with E-state index >= 15 is 0 Å². The zero-order valence-electron chi connectivity index (χ0n) is 18.0. The summed E-state index contributed by atoms with van der Waals surface area (Å²) in [5, 5.41) is 18.6. The average molecular weight is 428 g/mol. The lowest BCUT2D eigenvalue weighted by Gasteiger charge is -2.08. The first-order chi connectivity index (χ1) is 15.7. The lowest BCUT2D eigenvalue weighted by Crippen LogP contribution is -2.26. The van der Waals surface area contributed by atoms with Gasteiger partial charge in [0.2, 0.25) is 0 Å². The van der Waals surface area contributed by atoms with Gasteiger partial charge in [0.25, 0.3) is 0 Å². The van der Waals surface area contributed by atoms with Gasteiger partial charge in [-0.2, -0.15) is 5.10 Å². The van der Waals surface area contributed by atoms with Crippen molar-refractivity contribution in [3.8, 4) is 34.9 Å². The fourth-order valence-corrected chi connectivity index (χ4v) is 3.58. The molecule has 8 nitrogen and oxygen atoms in total. The van der Waals surface area contributed by atoms with E-state index in [0.717, 1.165) is 40.9 Å². The number of nitrogens with one attached hydrogen (secondary N) is 1. The molecule has 0 fully saturated rings. The first-order valence-corrected chi connectivity index (χ1v) is 10.7. The molecule has 4 aromatic rings. The van der Waals surface area contributed by atoms with Gasteiger partial charge < -0.3 is 0 Å². The van der Waals surface area contributed by atoms with Crippen molar-refractivity contribution in [2.75, 3.05) is 0 Å². The third kappa shape index (κ3) is 4.67. The van der Waals surface area contributed by atoms with E-state index in [1.807, 2.05) is 36.4 Å². The van der Waals surface area contributed by atoms with E-state index in [4.69, 9.17) is 6.42 Å². The predicted molar refractivity (Wildman–Crippen MR) is 123 cm³/mol. The summed E-state index contributed by atoms with van der Waals surface area (Å²) in [5.74, 6) is 4.01. The smallest absolute Gasteiger partial charge is 0.274 e. The monoisotopic (exact) mass is 427 g/mol. The van der Waals surface area contributed by atoms with Crippen LogP contribution in [0.2, 0.25) is 0 Å². The van der Waals surface area contributed by atoms with Crippen molar-refractivity contribution < 1.29 is 0 Å². The number of benzene rings is 2. The molecule has 2 aromatic heterocycles. The number of H-pyrrole nitrogens is 1. The Bertz CT molecular complexity index is 1260. The number of unbranched alkanes of at least 4 members (excludes halogenated alkanes) is 1. The quantitative estimate of drug-likeness (QED) is 0.414. The Morgan fingerprint density at radius 3 is 2.62 bits per heavy atom. The first kappa shape index (κ1) is 21.2. The number of aromatic amines is 1. The number of aromatic nitrogens is 7. The highest BCUT2D eigenvalue weighted by atomic mass is 16.2. The topological polar surface area (TPSA) is 94.3 Å².